The first-order valence-corrected chi connectivity index (χ1v) is 12.1. The Labute approximate surface area is 194 Å². The number of fused-ring (bicyclic) bond motifs is 1. The molecule has 1 aliphatic heterocycles. The van der Waals surface area contributed by atoms with Gasteiger partial charge in [0.1, 0.15) is 13.2 Å². The lowest BCUT2D eigenvalue weighted by Gasteiger charge is -2.18. The van der Waals surface area contributed by atoms with Gasteiger partial charge in [-0.25, -0.2) is 4.98 Å². The van der Waals surface area contributed by atoms with Gasteiger partial charge in [-0.05, 0) is 44.2 Å². The average molecular weight is 470 g/mol. The zero-order valence-corrected chi connectivity index (χ0v) is 19.3. The molecule has 1 aliphatic rings. The number of hydrogen-bond donors (Lipinski definition) is 2. The van der Waals surface area contributed by atoms with E-state index in [0.717, 1.165) is 28.3 Å². The molecule has 0 fully saturated rings. The van der Waals surface area contributed by atoms with Crippen LogP contribution in [0.1, 0.15) is 12.5 Å². The fourth-order valence-electron chi connectivity index (χ4n) is 2.98. The largest absolute Gasteiger partial charge is 0.486 e. The minimum Gasteiger partial charge on any atom is -0.486 e. The third-order valence-corrected chi connectivity index (χ3v) is 6.64. The normalized spacial score (nSPS) is 13.3. The summed E-state index contributed by atoms with van der Waals surface area (Å²) in [7, 11) is 0. The number of nitrogens with zero attached hydrogens (tertiary/aromatic N) is 1. The van der Waals surface area contributed by atoms with Crippen LogP contribution < -0.4 is 20.1 Å². The summed E-state index contributed by atoms with van der Waals surface area (Å²) >= 11 is 2.63. The van der Waals surface area contributed by atoms with Crippen molar-refractivity contribution in [2.75, 3.05) is 29.6 Å². The van der Waals surface area contributed by atoms with Crippen molar-refractivity contribution < 1.29 is 19.1 Å². The van der Waals surface area contributed by atoms with E-state index in [-0.39, 0.29) is 17.6 Å². The molecule has 32 heavy (non-hydrogen) atoms. The van der Waals surface area contributed by atoms with Gasteiger partial charge >= 0.3 is 0 Å². The molecule has 0 spiro atoms. The smallest absolute Gasteiger partial charge is 0.239 e. The SMILES string of the molecule is Cc1ccc(NC(=O)CSC(C)C(=O)Nc2nc(-c3ccc4c(c3)OCCO4)cs2)cc1. The molecular weight excluding hydrogens is 446 g/mol. The third-order valence-electron chi connectivity index (χ3n) is 4.74. The van der Waals surface area contributed by atoms with Crippen molar-refractivity contribution in [1.29, 1.82) is 0 Å². The van der Waals surface area contributed by atoms with Gasteiger partial charge in [-0.1, -0.05) is 17.7 Å². The number of carbonyl (C=O) groups excluding carboxylic acids is 2. The first kappa shape index (κ1) is 22.2. The minimum absolute atomic E-state index is 0.145. The summed E-state index contributed by atoms with van der Waals surface area (Å²) in [5.41, 5.74) is 3.51. The lowest BCUT2D eigenvalue weighted by molar-refractivity contribution is -0.115. The molecule has 1 atom stereocenters. The Balaban J connectivity index is 1.28. The minimum atomic E-state index is -0.402. The fourth-order valence-corrected chi connectivity index (χ4v) is 4.39. The van der Waals surface area contributed by atoms with Crippen LogP contribution in [0.2, 0.25) is 0 Å². The highest BCUT2D eigenvalue weighted by molar-refractivity contribution is 8.01. The van der Waals surface area contributed by atoms with E-state index >= 15 is 0 Å². The summed E-state index contributed by atoms with van der Waals surface area (Å²) in [6.45, 7) is 4.83. The van der Waals surface area contributed by atoms with E-state index < -0.39 is 5.25 Å². The number of aromatic nitrogens is 1. The third kappa shape index (κ3) is 5.60. The maximum atomic E-state index is 12.5. The van der Waals surface area contributed by atoms with Crippen LogP contribution in [0.15, 0.2) is 47.8 Å². The number of anilines is 2. The first-order chi connectivity index (χ1) is 15.5. The molecule has 0 radical (unpaired) electrons. The molecule has 9 heteroatoms. The lowest BCUT2D eigenvalue weighted by Crippen LogP contribution is -2.25. The zero-order chi connectivity index (χ0) is 22.5. The number of benzene rings is 2. The molecular formula is C23H23N3O4S2. The van der Waals surface area contributed by atoms with Crippen LogP contribution >= 0.6 is 23.1 Å². The summed E-state index contributed by atoms with van der Waals surface area (Å²) < 4.78 is 11.2. The number of nitrogens with one attached hydrogen (secondary N) is 2. The van der Waals surface area contributed by atoms with Crippen molar-refractivity contribution >= 4 is 45.7 Å². The molecule has 1 aromatic heterocycles. The highest BCUT2D eigenvalue weighted by atomic mass is 32.2. The molecule has 2 aromatic carbocycles. The number of thioether (sulfide) groups is 1. The standard InChI is InChI=1S/C23H23N3O4S2/c1-14-3-6-17(7-4-14)24-21(27)13-31-15(2)22(28)26-23-25-18(12-32-23)16-5-8-19-20(11-16)30-10-9-29-19/h3-8,11-12,15H,9-10,13H2,1-2H3,(H,24,27)(H,25,26,28). The van der Waals surface area contributed by atoms with Crippen molar-refractivity contribution in [1.82, 2.24) is 4.98 Å². The van der Waals surface area contributed by atoms with Gasteiger partial charge in [-0.3, -0.25) is 9.59 Å². The summed E-state index contributed by atoms with van der Waals surface area (Å²) in [4.78, 5) is 29.2. The van der Waals surface area contributed by atoms with Gasteiger partial charge in [0, 0.05) is 16.6 Å². The Morgan fingerprint density at radius 3 is 2.62 bits per heavy atom. The molecule has 166 valence electrons. The number of hydrogen-bond acceptors (Lipinski definition) is 7. The number of thiazole rings is 1. The molecule has 1 unspecified atom stereocenters. The van der Waals surface area contributed by atoms with Crippen LogP contribution in [0.3, 0.4) is 0 Å². The molecule has 7 nitrogen and oxygen atoms in total. The Morgan fingerprint density at radius 1 is 1.09 bits per heavy atom. The summed E-state index contributed by atoms with van der Waals surface area (Å²) in [5.74, 6) is 1.26. The first-order valence-electron chi connectivity index (χ1n) is 10.1. The van der Waals surface area contributed by atoms with Crippen molar-refractivity contribution in [2.24, 2.45) is 0 Å². The van der Waals surface area contributed by atoms with Gasteiger partial charge in [0.2, 0.25) is 11.8 Å². The predicted octanol–water partition coefficient (Wildman–Crippen LogP) is 4.59. The molecule has 3 aromatic rings. The molecule has 0 aliphatic carbocycles. The van der Waals surface area contributed by atoms with Crippen molar-refractivity contribution in [2.45, 2.75) is 19.1 Å². The van der Waals surface area contributed by atoms with Crippen LogP contribution in [0, 0.1) is 6.92 Å². The van der Waals surface area contributed by atoms with E-state index in [2.05, 4.69) is 15.6 Å². The zero-order valence-electron chi connectivity index (χ0n) is 17.7. The van der Waals surface area contributed by atoms with E-state index in [0.29, 0.717) is 24.1 Å². The van der Waals surface area contributed by atoms with E-state index in [1.165, 1.54) is 23.1 Å². The Bertz CT molecular complexity index is 1110. The summed E-state index contributed by atoms with van der Waals surface area (Å²) in [6.07, 6.45) is 0. The van der Waals surface area contributed by atoms with E-state index in [4.69, 9.17) is 9.47 Å². The quantitative estimate of drug-likeness (QED) is 0.526. The van der Waals surface area contributed by atoms with Crippen molar-refractivity contribution in [3.8, 4) is 22.8 Å². The second-order valence-electron chi connectivity index (χ2n) is 7.25. The molecule has 2 amide bonds. The van der Waals surface area contributed by atoms with Crippen LogP contribution in [-0.2, 0) is 9.59 Å². The molecule has 4 rings (SSSR count). The number of aryl methyl sites for hydroxylation is 1. The second kappa shape index (κ2) is 10.1. The molecule has 2 heterocycles. The van der Waals surface area contributed by atoms with Crippen molar-refractivity contribution in [3.63, 3.8) is 0 Å². The van der Waals surface area contributed by atoms with Crippen LogP contribution in [0.4, 0.5) is 10.8 Å². The molecule has 0 bridgehead atoms. The number of carbonyl (C=O) groups is 2. The monoisotopic (exact) mass is 469 g/mol. The maximum Gasteiger partial charge on any atom is 0.239 e. The molecule has 2 N–H and O–H groups in total. The lowest BCUT2D eigenvalue weighted by atomic mass is 10.1. The van der Waals surface area contributed by atoms with Crippen LogP contribution in [0.5, 0.6) is 11.5 Å². The number of ether oxygens (including phenoxy) is 2. The fraction of sp³-hybridized carbons (Fsp3) is 0.261. The Kier molecular flexibility index (Phi) is 6.96. The number of amides is 2. The molecule has 0 saturated heterocycles. The topological polar surface area (TPSA) is 89.6 Å². The van der Waals surface area contributed by atoms with E-state index in [9.17, 15) is 9.59 Å². The number of rotatable bonds is 7. The summed E-state index contributed by atoms with van der Waals surface area (Å²) in [5, 5.41) is 7.66. The van der Waals surface area contributed by atoms with Gasteiger partial charge < -0.3 is 20.1 Å². The highest BCUT2D eigenvalue weighted by Gasteiger charge is 2.18. The van der Waals surface area contributed by atoms with Gasteiger partial charge in [0.05, 0.1) is 16.7 Å². The van der Waals surface area contributed by atoms with E-state index in [1.807, 2.05) is 54.8 Å². The highest BCUT2D eigenvalue weighted by Crippen LogP contribution is 2.35. The van der Waals surface area contributed by atoms with Gasteiger partial charge in [0.25, 0.3) is 0 Å². The van der Waals surface area contributed by atoms with Crippen LogP contribution in [-0.4, -0.2) is 41.0 Å². The Hall–Kier alpha value is -3.04. The van der Waals surface area contributed by atoms with E-state index in [1.54, 1.807) is 6.92 Å². The molecule has 0 saturated carbocycles. The second-order valence-corrected chi connectivity index (χ2v) is 9.44. The van der Waals surface area contributed by atoms with Crippen molar-refractivity contribution in [3.05, 3.63) is 53.4 Å². The summed E-state index contributed by atoms with van der Waals surface area (Å²) in [6, 6.07) is 13.3. The van der Waals surface area contributed by atoms with Gasteiger partial charge in [-0.15, -0.1) is 23.1 Å². The average Bonchev–Trinajstić information content (AvgIpc) is 3.27. The van der Waals surface area contributed by atoms with Gasteiger partial charge in [0.15, 0.2) is 16.6 Å². The van der Waals surface area contributed by atoms with Gasteiger partial charge in [-0.2, -0.15) is 0 Å². The predicted molar refractivity (Wildman–Crippen MR) is 129 cm³/mol. The van der Waals surface area contributed by atoms with Crippen LogP contribution in [0.25, 0.3) is 11.3 Å². The Morgan fingerprint density at radius 2 is 1.84 bits per heavy atom. The maximum absolute atomic E-state index is 12.5.